The monoisotopic (exact) mass is 344 g/mol. The molecule has 0 saturated heterocycles. The van der Waals surface area contributed by atoms with E-state index < -0.39 is 28.9 Å². The Labute approximate surface area is 142 Å². The van der Waals surface area contributed by atoms with Gasteiger partial charge < -0.3 is 10.1 Å². The van der Waals surface area contributed by atoms with Crippen LogP contribution in [0.2, 0.25) is 0 Å². The average molecular weight is 344 g/mol. The van der Waals surface area contributed by atoms with Crippen LogP contribution < -0.4 is 10.1 Å². The lowest BCUT2D eigenvalue weighted by molar-refractivity contribution is 0.101. The lowest BCUT2D eigenvalue weighted by atomic mass is 10.1. The SMILES string of the molecule is COc1c(F)ccc(F)c1C(=O)Nc1ccc(-n2ccnc2C)nc1. The minimum absolute atomic E-state index is 0.331. The number of methoxy groups -OCH3 is 1. The molecule has 0 aliphatic heterocycles. The van der Waals surface area contributed by atoms with Crippen molar-refractivity contribution < 1.29 is 18.3 Å². The molecule has 0 spiro atoms. The first-order valence-electron chi connectivity index (χ1n) is 7.31. The van der Waals surface area contributed by atoms with E-state index >= 15 is 0 Å². The summed E-state index contributed by atoms with van der Waals surface area (Å²) in [6.45, 7) is 1.83. The number of anilines is 1. The topological polar surface area (TPSA) is 69.0 Å². The van der Waals surface area contributed by atoms with Gasteiger partial charge >= 0.3 is 0 Å². The summed E-state index contributed by atoms with van der Waals surface area (Å²) in [5, 5.41) is 2.48. The Kier molecular flexibility index (Phi) is 4.42. The van der Waals surface area contributed by atoms with Gasteiger partial charge in [0.15, 0.2) is 11.6 Å². The predicted octanol–water partition coefficient (Wildman–Crippen LogP) is 3.11. The summed E-state index contributed by atoms with van der Waals surface area (Å²) in [4.78, 5) is 20.6. The van der Waals surface area contributed by atoms with E-state index in [9.17, 15) is 13.6 Å². The van der Waals surface area contributed by atoms with E-state index in [-0.39, 0.29) is 0 Å². The zero-order valence-electron chi connectivity index (χ0n) is 13.5. The zero-order chi connectivity index (χ0) is 18.0. The lowest BCUT2D eigenvalue weighted by Crippen LogP contribution is -2.16. The maximum absolute atomic E-state index is 13.9. The number of nitrogens with zero attached hydrogens (tertiary/aromatic N) is 3. The molecule has 1 N–H and O–H groups in total. The molecule has 0 bridgehead atoms. The van der Waals surface area contributed by atoms with Crippen molar-refractivity contribution >= 4 is 11.6 Å². The van der Waals surface area contributed by atoms with Gasteiger partial charge in [-0.3, -0.25) is 9.36 Å². The van der Waals surface area contributed by atoms with Crippen LogP contribution in [-0.4, -0.2) is 27.6 Å². The number of carbonyl (C=O) groups is 1. The van der Waals surface area contributed by atoms with Crippen molar-refractivity contribution in [3.8, 4) is 11.6 Å². The van der Waals surface area contributed by atoms with Gasteiger partial charge in [0.05, 0.1) is 19.0 Å². The highest BCUT2D eigenvalue weighted by Gasteiger charge is 2.21. The highest BCUT2D eigenvalue weighted by molar-refractivity contribution is 6.06. The van der Waals surface area contributed by atoms with Gasteiger partial charge in [0, 0.05) is 12.4 Å². The molecule has 6 nitrogen and oxygen atoms in total. The number of aryl methyl sites for hydroxylation is 1. The largest absolute Gasteiger partial charge is 0.493 e. The molecule has 25 heavy (non-hydrogen) atoms. The molecular weight excluding hydrogens is 330 g/mol. The van der Waals surface area contributed by atoms with Crippen LogP contribution in [-0.2, 0) is 0 Å². The molecule has 8 heteroatoms. The third-order valence-corrected chi connectivity index (χ3v) is 3.57. The molecule has 1 amide bonds. The Morgan fingerprint density at radius 3 is 2.52 bits per heavy atom. The fraction of sp³-hybridized carbons (Fsp3) is 0.118. The van der Waals surface area contributed by atoms with Gasteiger partial charge in [-0.1, -0.05) is 0 Å². The second-order valence-electron chi connectivity index (χ2n) is 5.14. The highest BCUT2D eigenvalue weighted by Crippen LogP contribution is 2.26. The Morgan fingerprint density at radius 2 is 1.92 bits per heavy atom. The van der Waals surface area contributed by atoms with Gasteiger partial charge in [0.1, 0.15) is 23.0 Å². The number of hydrogen-bond acceptors (Lipinski definition) is 4. The number of benzene rings is 1. The molecule has 2 aromatic heterocycles. The van der Waals surface area contributed by atoms with E-state index in [0.717, 1.165) is 18.0 Å². The zero-order valence-corrected chi connectivity index (χ0v) is 13.5. The van der Waals surface area contributed by atoms with Crippen molar-refractivity contribution in [2.45, 2.75) is 6.92 Å². The molecule has 2 heterocycles. The van der Waals surface area contributed by atoms with E-state index in [2.05, 4.69) is 15.3 Å². The van der Waals surface area contributed by atoms with Crippen LogP contribution in [0.4, 0.5) is 14.5 Å². The second-order valence-corrected chi connectivity index (χ2v) is 5.14. The normalized spacial score (nSPS) is 10.6. The first kappa shape index (κ1) is 16.6. The van der Waals surface area contributed by atoms with Crippen LogP contribution in [0.15, 0.2) is 42.9 Å². The molecule has 0 atom stereocenters. The number of amides is 1. The Hall–Kier alpha value is -3.29. The summed E-state index contributed by atoms with van der Waals surface area (Å²) in [5.41, 5.74) is -0.172. The molecule has 3 rings (SSSR count). The van der Waals surface area contributed by atoms with E-state index in [0.29, 0.717) is 11.5 Å². The standard InChI is InChI=1S/C17H14F2N4O2/c1-10-20-7-8-23(10)14-6-3-11(9-21-14)22-17(24)15-12(18)4-5-13(19)16(15)25-2/h3-9H,1-2H3,(H,22,24). The van der Waals surface area contributed by atoms with Crippen molar-refractivity contribution in [3.05, 3.63) is 65.9 Å². The smallest absolute Gasteiger partial charge is 0.262 e. The number of carbonyl (C=O) groups excluding carboxylic acids is 1. The van der Waals surface area contributed by atoms with Crippen LogP contribution in [0.5, 0.6) is 5.75 Å². The number of aromatic nitrogens is 3. The third kappa shape index (κ3) is 3.18. The summed E-state index contributed by atoms with van der Waals surface area (Å²) in [5.74, 6) is -1.61. The number of imidazole rings is 1. The molecule has 0 radical (unpaired) electrons. The Balaban J connectivity index is 1.85. The van der Waals surface area contributed by atoms with E-state index in [1.165, 1.54) is 13.3 Å². The number of halogens is 2. The molecule has 0 unspecified atom stereocenters. The van der Waals surface area contributed by atoms with Crippen LogP contribution >= 0.6 is 0 Å². The predicted molar refractivity (Wildman–Crippen MR) is 87.0 cm³/mol. The van der Waals surface area contributed by atoms with Crippen molar-refractivity contribution in [1.29, 1.82) is 0 Å². The molecule has 0 aliphatic carbocycles. The maximum atomic E-state index is 13.9. The fourth-order valence-corrected chi connectivity index (χ4v) is 2.36. The molecule has 0 aliphatic rings. The Morgan fingerprint density at radius 1 is 1.16 bits per heavy atom. The van der Waals surface area contributed by atoms with Crippen LogP contribution in [0, 0.1) is 18.6 Å². The van der Waals surface area contributed by atoms with E-state index in [1.807, 2.05) is 6.92 Å². The van der Waals surface area contributed by atoms with Gasteiger partial charge in [-0.05, 0) is 31.2 Å². The lowest BCUT2D eigenvalue weighted by Gasteiger charge is -2.11. The number of pyridine rings is 1. The van der Waals surface area contributed by atoms with Gasteiger partial charge in [-0.15, -0.1) is 0 Å². The molecule has 0 saturated carbocycles. The van der Waals surface area contributed by atoms with Gasteiger partial charge in [-0.25, -0.2) is 18.7 Å². The van der Waals surface area contributed by atoms with Crippen LogP contribution in [0.1, 0.15) is 16.2 Å². The minimum atomic E-state index is -0.880. The summed E-state index contributed by atoms with van der Waals surface area (Å²) < 4.78 is 34.2. The third-order valence-electron chi connectivity index (χ3n) is 3.57. The fourth-order valence-electron chi connectivity index (χ4n) is 2.36. The van der Waals surface area contributed by atoms with Gasteiger partial charge in [-0.2, -0.15) is 0 Å². The summed E-state index contributed by atoms with van der Waals surface area (Å²) in [6.07, 6.45) is 4.81. The van der Waals surface area contributed by atoms with Crippen LogP contribution in [0.25, 0.3) is 5.82 Å². The van der Waals surface area contributed by atoms with Gasteiger partial charge in [0.2, 0.25) is 0 Å². The summed E-state index contributed by atoms with van der Waals surface area (Å²) in [6, 6.07) is 5.04. The van der Waals surface area contributed by atoms with E-state index in [4.69, 9.17) is 4.74 Å². The Bertz CT molecular complexity index is 923. The first-order chi connectivity index (χ1) is 12.0. The van der Waals surface area contributed by atoms with Crippen LogP contribution in [0.3, 0.4) is 0 Å². The number of hydrogen-bond donors (Lipinski definition) is 1. The maximum Gasteiger partial charge on any atom is 0.262 e. The molecule has 128 valence electrons. The van der Waals surface area contributed by atoms with Gasteiger partial charge in [0.25, 0.3) is 5.91 Å². The molecule has 0 fully saturated rings. The average Bonchev–Trinajstić information content (AvgIpc) is 3.03. The molecule has 3 aromatic rings. The number of nitrogens with one attached hydrogen (secondary N) is 1. The first-order valence-corrected chi connectivity index (χ1v) is 7.31. The van der Waals surface area contributed by atoms with Crippen molar-refractivity contribution in [3.63, 3.8) is 0 Å². The highest BCUT2D eigenvalue weighted by atomic mass is 19.1. The minimum Gasteiger partial charge on any atom is -0.493 e. The molecular formula is C17H14F2N4O2. The summed E-state index contributed by atoms with van der Waals surface area (Å²) in [7, 11) is 1.17. The van der Waals surface area contributed by atoms with Crippen molar-refractivity contribution in [1.82, 2.24) is 14.5 Å². The number of rotatable bonds is 4. The number of ether oxygens (including phenoxy) is 1. The van der Waals surface area contributed by atoms with Crippen molar-refractivity contribution in [2.24, 2.45) is 0 Å². The second kappa shape index (κ2) is 6.68. The molecule has 1 aromatic carbocycles. The van der Waals surface area contributed by atoms with E-state index in [1.54, 1.807) is 29.1 Å². The quantitative estimate of drug-likeness (QED) is 0.790. The van der Waals surface area contributed by atoms with Crippen molar-refractivity contribution in [2.75, 3.05) is 12.4 Å². The summed E-state index contributed by atoms with van der Waals surface area (Å²) >= 11 is 0.